The highest BCUT2D eigenvalue weighted by atomic mass is 35.5. The van der Waals surface area contributed by atoms with Gasteiger partial charge in [-0.15, -0.1) is 0 Å². The lowest BCUT2D eigenvalue weighted by Crippen LogP contribution is -2.20. The maximum absolute atomic E-state index is 12.4. The molecule has 0 aliphatic heterocycles. The van der Waals surface area contributed by atoms with Crippen molar-refractivity contribution < 1.29 is 19.2 Å². The minimum absolute atomic E-state index is 0.0911. The van der Waals surface area contributed by atoms with Crippen LogP contribution < -0.4 is 15.8 Å². The van der Waals surface area contributed by atoms with Gasteiger partial charge in [-0.05, 0) is 23.8 Å². The van der Waals surface area contributed by atoms with Crippen molar-refractivity contribution >= 4 is 34.8 Å². The van der Waals surface area contributed by atoms with E-state index in [4.69, 9.17) is 22.1 Å². The number of aromatic nitrogens is 2. The molecule has 0 fully saturated rings. The number of carbonyl (C=O) groups excluding carboxylic acids is 2. The number of primary amides is 1. The Morgan fingerprint density at radius 1 is 1.27 bits per heavy atom. The first-order valence-electron chi connectivity index (χ1n) is 8.55. The van der Waals surface area contributed by atoms with Crippen molar-refractivity contribution in [1.29, 1.82) is 0 Å². The number of hydrogen-bond acceptors (Lipinski definition) is 6. The number of aryl methyl sites for hydroxylation is 1. The van der Waals surface area contributed by atoms with E-state index in [0.29, 0.717) is 11.3 Å². The van der Waals surface area contributed by atoms with Gasteiger partial charge in [0.2, 0.25) is 0 Å². The van der Waals surface area contributed by atoms with Gasteiger partial charge < -0.3 is 15.8 Å². The summed E-state index contributed by atoms with van der Waals surface area (Å²) < 4.78 is 6.86. The zero-order chi connectivity index (χ0) is 21.8. The number of benzene rings is 2. The average Bonchev–Trinajstić information content (AvgIpc) is 3.07. The molecule has 0 atom stereocenters. The first kappa shape index (κ1) is 20.8. The predicted molar refractivity (Wildman–Crippen MR) is 109 cm³/mol. The van der Waals surface area contributed by atoms with Gasteiger partial charge in [-0.1, -0.05) is 23.7 Å². The van der Waals surface area contributed by atoms with Gasteiger partial charge in [0.1, 0.15) is 18.1 Å². The zero-order valence-corrected chi connectivity index (χ0v) is 16.4. The van der Waals surface area contributed by atoms with Crippen molar-refractivity contribution in [3.8, 4) is 5.75 Å². The van der Waals surface area contributed by atoms with Gasteiger partial charge in [-0.2, -0.15) is 5.10 Å². The number of nitrogens with one attached hydrogen (secondary N) is 1. The minimum Gasteiger partial charge on any atom is -0.487 e. The average molecular weight is 430 g/mol. The first-order valence-corrected chi connectivity index (χ1v) is 8.93. The fourth-order valence-electron chi connectivity index (χ4n) is 2.65. The molecule has 3 rings (SSSR count). The van der Waals surface area contributed by atoms with Crippen molar-refractivity contribution in [2.45, 2.75) is 6.61 Å². The normalized spacial score (nSPS) is 10.5. The summed E-state index contributed by atoms with van der Waals surface area (Å²) in [4.78, 5) is 34.1. The molecule has 30 heavy (non-hydrogen) atoms. The summed E-state index contributed by atoms with van der Waals surface area (Å²) in [6.45, 7) is 0.147. The van der Waals surface area contributed by atoms with Crippen LogP contribution in [0.5, 0.6) is 5.75 Å². The van der Waals surface area contributed by atoms with E-state index in [1.807, 2.05) is 0 Å². The Hall–Kier alpha value is -3.92. The van der Waals surface area contributed by atoms with E-state index in [-0.39, 0.29) is 28.7 Å². The predicted octanol–water partition coefficient (Wildman–Crippen LogP) is 2.91. The molecule has 0 bridgehead atoms. The number of nitro groups is 1. The van der Waals surface area contributed by atoms with Crippen LogP contribution in [-0.2, 0) is 13.7 Å². The number of halogens is 1. The molecule has 154 valence electrons. The molecule has 10 nitrogen and oxygen atoms in total. The Kier molecular flexibility index (Phi) is 5.98. The number of rotatable bonds is 7. The third-order valence-electron chi connectivity index (χ3n) is 4.16. The van der Waals surface area contributed by atoms with Crippen LogP contribution in [0.2, 0.25) is 5.02 Å². The first-order chi connectivity index (χ1) is 14.3. The van der Waals surface area contributed by atoms with Crippen LogP contribution in [-0.4, -0.2) is 26.5 Å². The smallest absolute Gasteiger partial charge is 0.271 e. The van der Waals surface area contributed by atoms with Gasteiger partial charge in [0.15, 0.2) is 0 Å². The second-order valence-corrected chi connectivity index (χ2v) is 6.61. The maximum Gasteiger partial charge on any atom is 0.271 e. The van der Waals surface area contributed by atoms with Crippen LogP contribution >= 0.6 is 11.6 Å². The fraction of sp³-hybridized carbons (Fsp3) is 0.105. The number of ether oxygens (including phenoxy) is 1. The van der Waals surface area contributed by atoms with E-state index in [1.165, 1.54) is 29.1 Å². The van der Waals surface area contributed by atoms with Gasteiger partial charge in [-0.3, -0.25) is 24.4 Å². The fourth-order valence-corrected chi connectivity index (χ4v) is 2.88. The molecule has 1 aromatic heterocycles. The molecule has 0 saturated carbocycles. The molecule has 0 saturated heterocycles. The largest absolute Gasteiger partial charge is 0.487 e. The van der Waals surface area contributed by atoms with Gasteiger partial charge in [-0.25, -0.2) is 0 Å². The number of nitro benzene ring substituents is 1. The lowest BCUT2D eigenvalue weighted by Gasteiger charge is -2.09. The van der Waals surface area contributed by atoms with Crippen LogP contribution in [0.4, 0.5) is 11.4 Å². The van der Waals surface area contributed by atoms with Gasteiger partial charge in [0.05, 0.1) is 21.8 Å². The molecule has 0 radical (unpaired) electrons. The Morgan fingerprint density at radius 2 is 1.97 bits per heavy atom. The van der Waals surface area contributed by atoms with Crippen LogP contribution in [0, 0.1) is 10.1 Å². The standard InChI is InChI=1S/C19H16ClN5O5/c1-24-17(18(21)26)15(9-22-24)23-19(27)12-4-2-11(3-5-12)10-30-16-7-6-13(25(28)29)8-14(16)20/h2-9H,10H2,1H3,(H2,21,26)(H,23,27). The highest BCUT2D eigenvalue weighted by Gasteiger charge is 2.17. The lowest BCUT2D eigenvalue weighted by atomic mass is 10.1. The number of amides is 2. The Morgan fingerprint density at radius 3 is 2.57 bits per heavy atom. The number of anilines is 1. The van der Waals surface area contributed by atoms with Gasteiger partial charge in [0, 0.05) is 24.7 Å². The Bertz CT molecular complexity index is 1130. The lowest BCUT2D eigenvalue weighted by molar-refractivity contribution is -0.384. The minimum atomic E-state index is -0.706. The molecule has 2 amide bonds. The van der Waals surface area contributed by atoms with E-state index in [0.717, 1.165) is 5.56 Å². The van der Waals surface area contributed by atoms with E-state index < -0.39 is 16.7 Å². The summed E-state index contributed by atoms with van der Waals surface area (Å²) in [5.74, 6) is -0.835. The number of hydrogen-bond donors (Lipinski definition) is 2. The van der Waals surface area contributed by atoms with Crippen molar-refractivity contribution in [3.63, 3.8) is 0 Å². The zero-order valence-electron chi connectivity index (χ0n) is 15.7. The highest BCUT2D eigenvalue weighted by molar-refractivity contribution is 6.32. The summed E-state index contributed by atoms with van der Waals surface area (Å²) in [5, 5.41) is 17.4. The Balaban J connectivity index is 1.64. The summed E-state index contributed by atoms with van der Waals surface area (Å²) >= 11 is 6.00. The highest BCUT2D eigenvalue weighted by Crippen LogP contribution is 2.29. The summed E-state index contributed by atoms with van der Waals surface area (Å²) in [6, 6.07) is 10.5. The topological polar surface area (TPSA) is 142 Å². The second-order valence-electron chi connectivity index (χ2n) is 6.21. The summed E-state index contributed by atoms with van der Waals surface area (Å²) in [5.41, 5.74) is 6.58. The molecule has 0 aliphatic carbocycles. The molecule has 0 spiro atoms. The number of non-ortho nitro benzene ring substituents is 1. The third-order valence-corrected chi connectivity index (χ3v) is 4.45. The molecule has 2 aromatic carbocycles. The molecular weight excluding hydrogens is 414 g/mol. The molecule has 1 heterocycles. The summed E-state index contributed by atoms with van der Waals surface area (Å²) in [6.07, 6.45) is 1.34. The van der Waals surface area contributed by atoms with E-state index >= 15 is 0 Å². The van der Waals surface area contributed by atoms with Crippen molar-refractivity contribution in [2.24, 2.45) is 12.8 Å². The van der Waals surface area contributed by atoms with Gasteiger partial charge in [0.25, 0.3) is 17.5 Å². The third kappa shape index (κ3) is 4.55. The Labute approximate surface area is 175 Å². The van der Waals surface area contributed by atoms with Gasteiger partial charge >= 0.3 is 0 Å². The van der Waals surface area contributed by atoms with Crippen molar-refractivity contribution in [3.05, 3.63) is 80.6 Å². The number of carbonyl (C=O) groups is 2. The van der Waals surface area contributed by atoms with Crippen molar-refractivity contribution in [2.75, 3.05) is 5.32 Å². The number of nitrogens with two attached hydrogens (primary N) is 1. The van der Waals surface area contributed by atoms with E-state index in [9.17, 15) is 19.7 Å². The molecule has 3 N–H and O–H groups in total. The van der Waals surface area contributed by atoms with Crippen molar-refractivity contribution in [1.82, 2.24) is 9.78 Å². The molecule has 11 heteroatoms. The van der Waals surface area contributed by atoms with Crippen LogP contribution in [0.25, 0.3) is 0 Å². The maximum atomic E-state index is 12.4. The molecule has 0 unspecified atom stereocenters. The molecular formula is C19H16ClN5O5. The monoisotopic (exact) mass is 429 g/mol. The SMILES string of the molecule is Cn1ncc(NC(=O)c2ccc(COc3ccc([N+](=O)[O-])cc3Cl)cc2)c1C(N)=O. The van der Waals surface area contributed by atoms with Crippen LogP contribution in [0.15, 0.2) is 48.7 Å². The van der Waals surface area contributed by atoms with E-state index in [2.05, 4.69) is 10.4 Å². The molecule has 0 aliphatic rings. The molecule has 3 aromatic rings. The van der Waals surface area contributed by atoms with Crippen LogP contribution in [0.3, 0.4) is 0 Å². The van der Waals surface area contributed by atoms with Crippen LogP contribution in [0.1, 0.15) is 26.4 Å². The number of nitrogens with zero attached hydrogens (tertiary/aromatic N) is 3. The second kappa shape index (κ2) is 8.62. The van der Waals surface area contributed by atoms with E-state index in [1.54, 1.807) is 31.3 Å². The quantitative estimate of drug-likeness (QED) is 0.436. The summed E-state index contributed by atoms with van der Waals surface area (Å²) in [7, 11) is 1.54.